The highest BCUT2D eigenvalue weighted by Crippen LogP contribution is 2.17. The zero-order valence-electron chi connectivity index (χ0n) is 32.0. The van der Waals surface area contributed by atoms with Crippen LogP contribution in [0, 0.1) is 11.8 Å². The SMILES string of the molecule is C=CCCN(CC(=O)Nc1ccc(NC(=O)c2ccc(NC(=O)CN(CCC)C(=O)[C@@H](NC(=O)OC)C(C)C)cc2)cc1)C(=O)[C@@H](NC(=O)OC)C(C)C. The maximum atomic E-state index is 13.3. The summed E-state index contributed by atoms with van der Waals surface area (Å²) in [5, 5.41) is 13.3. The molecule has 0 radical (unpaired) electrons. The summed E-state index contributed by atoms with van der Waals surface area (Å²) in [4.78, 5) is 91.6. The molecule has 0 bridgehead atoms. The van der Waals surface area contributed by atoms with Gasteiger partial charge in [0.2, 0.25) is 23.6 Å². The number of ether oxygens (including phenoxy) is 2. The molecule has 2 atom stereocenters. The minimum atomic E-state index is -0.895. The number of carbonyl (C=O) groups excluding carboxylic acids is 7. The molecule has 294 valence electrons. The average molecular weight is 752 g/mol. The van der Waals surface area contributed by atoms with E-state index in [4.69, 9.17) is 0 Å². The molecule has 0 aliphatic carbocycles. The number of nitrogens with zero attached hydrogens (tertiary/aromatic N) is 2. The lowest BCUT2D eigenvalue weighted by molar-refractivity contribution is -0.137. The summed E-state index contributed by atoms with van der Waals surface area (Å²) in [5.74, 6) is -2.67. The topological polar surface area (TPSA) is 205 Å². The van der Waals surface area contributed by atoms with Crippen molar-refractivity contribution in [2.45, 2.75) is 59.5 Å². The Morgan fingerprint density at radius 1 is 0.648 bits per heavy atom. The standard InChI is InChI=1S/C38H53N7O9/c1-9-11-21-45(36(50)33(25(5)6)43-38(52)54-8)23-31(47)40-28-16-18-29(19-17-28)41-34(48)26-12-14-27(15-13-26)39-30(46)22-44(20-10-2)35(49)32(24(3)4)42-37(51)53-7/h9,12-19,24-25,32-33H,1,10-11,20-23H2,2-8H3,(H,39,46)(H,40,47)(H,41,48)(H,42,51)(H,43,52)/t32-,33-/m0/s1. The molecule has 0 saturated carbocycles. The van der Waals surface area contributed by atoms with Crippen molar-refractivity contribution >= 4 is 58.8 Å². The van der Waals surface area contributed by atoms with Gasteiger partial charge in [0, 0.05) is 35.7 Å². The van der Waals surface area contributed by atoms with E-state index < -0.39 is 53.8 Å². The Bertz CT molecular complexity index is 1610. The van der Waals surface area contributed by atoms with Crippen LogP contribution in [0.1, 0.15) is 57.8 Å². The van der Waals surface area contributed by atoms with Gasteiger partial charge in [0.25, 0.3) is 5.91 Å². The summed E-state index contributed by atoms with van der Waals surface area (Å²) in [6, 6.07) is 10.8. The third kappa shape index (κ3) is 14.2. The lowest BCUT2D eigenvalue weighted by Crippen LogP contribution is -2.53. The van der Waals surface area contributed by atoms with Crippen LogP contribution in [0.25, 0.3) is 0 Å². The second-order valence-corrected chi connectivity index (χ2v) is 13.0. The van der Waals surface area contributed by atoms with Crippen LogP contribution in [0.15, 0.2) is 61.2 Å². The van der Waals surface area contributed by atoms with E-state index in [0.717, 1.165) is 0 Å². The van der Waals surface area contributed by atoms with Gasteiger partial charge in [-0.2, -0.15) is 0 Å². The molecule has 0 aromatic heterocycles. The molecule has 0 spiro atoms. The van der Waals surface area contributed by atoms with E-state index >= 15 is 0 Å². The molecule has 0 aliphatic heterocycles. The predicted octanol–water partition coefficient (Wildman–Crippen LogP) is 4.22. The minimum Gasteiger partial charge on any atom is -0.453 e. The molecule has 0 aliphatic rings. The van der Waals surface area contributed by atoms with E-state index in [0.29, 0.717) is 42.0 Å². The number of nitrogens with one attached hydrogen (secondary N) is 5. The first-order valence-corrected chi connectivity index (χ1v) is 17.6. The molecule has 2 rings (SSSR count). The van der Waals surface area contributed by atoms with Gasteiger partial charge in [-0.3, -0.25) is 24.0 Å². The van der Waals surface area contributed by atoms with Gasteiger partial charge in [-0.15, -0.1) is 6.58 Å². The van der Waals surface area contributed by atoms with E-state index in [1.54, 1.807) is 70.2 Å². The third-order valence-electron chi connectivity index (χ3n) is 8.03. The number of hydrogen-bond acceptors (Lipinski definition) is 9. The van der Waals surface area contributed by atoms with Crippen molar-refractivity contribution in [1.82, 2.24) is 20.4 Å². The van der Waals surface area contributed by atoms with Crippen molar-refractivity contribution < 1.29 is 43.0 Å². The fourth-order valence-electron chi connectivity index (χ4n) is 5.14. The highest BCUT2D eigenvalue weighted by Gasteiger charge is 2.31. The molecular weight excluding hydrogens is 698 g/mol. The van der Waals surface area contributed by atoms with Gasteiger partial charge in [0.05, 0.1) is 27.3 Å². The summed E-state index contributed by atoms with van der Waals surface area (Å²) in [5.41, 5.74) is 1.61. The summed E-state index contributed by atoms with van der Waals surface area (Å²) >= 11 is 0. The molecule has 16 nitrogen and oxygen atoms in total. The van der Waals surface area contributed by atoms with Crippen LogP contribution in [0.3, 0.4) is 0 Å². The fraction of sp³-hybridized carbons (Fsp3) is 0.447. The van der Waals surface area contributed by atoms with Gasteiger partial charge >= 0.3 is 12.2 Å². The molecule has 54 heavy (non-hydrogen) atoms. The van der Waals surface area contributed by atoms with Crippen molar-refractivity contribution in [3.8, 4) is 0 Å². The van der Waals surface area contributed by atoms with Crippen molar-refractivity contribution in [3.05, 3.63) is 66.7 Å². The van der Waals surface area contributed by atoms with Crippen LogP contribution in [-0.2, 0) is 28.7 Å². The number of benzene rings is 2. The van der Waals surface area contributed by atoms with Gasteiger partial charge in [-0.1, -0.05) is 40.7 Å². The first kappa shape index (κ1) is 44.2. The maximum Gasteiger partial charge on any atom is 0.407 e. The molecule has 7 amide bonds. The Morgan fingerprint density at radius 2 is 1.04 bits per heavy atom. The van der Waals surface area contributed by atoms with Crippen LogP contribution < -0.4 is 26.6 Å². The lowest BCUT2D eigenvalue weighted by Gasteiger charge is -2.29. The van der Waals surface area contributed by atoms with E-state index in [1.807, 2.05) is 6.92 Å². The Balaban J connectivity index is 2.00. The molecule has 0 heterocycles. The summed E-state index contributed by atoms with van der Waals surface area (Å²) in [7, 11) is 2.41. The molecule has 0 fully saturated rings. The molecule has 2 aromatic carbocycles. The number of alkyl carbamates (subject to hydrolysis) is 2. The van der Waals surface area contributed by atoms with Crippen LogP contribution in [0.4, 0.5) is 26.7 Å². The zero-order chi connectivity index (χ0) is 40.4. The number of methoxy groups -OCH3 is 2. The highest BCUT2D eigenvalue weighted by molar-refractivity contribution is 6.05. The Kier molecular flexibility index (Phi) is 18.2. The normalized spacial score (nSPS) is 11.7. The predicted molar refractivity (Wildman–Crippen MR) is 205 cm³/mol. The van der Waals surface area contributed by atoms with Crippen LogP contribution >= 0.6 is 0 Å². The number of amides is 7. The van der Waals surface area contributed by atoms with Gasteiger partial charge in [0.15, 0.2) is 0 Å². The van der Waals surface area contributed by atoms with Crippen LogP contribution in [-0.4, -0.2) is 104 Å². The average Bonchev–Trinajstić information content (AvgIpc) is 3.14. The van der Waals surface area contributed by atoms with Crippen LogP contribution in [0.5, 0.6) is 0 Å². The van der Waals surface area contributed by atoms with E-state index in [-0.39, 0.29) is 31.5 Å². The van der Waals surface area contributed by atoms with Gasteiger partial charge in [-0.05, 0) is 73.2 Å². The van der Waals surface area contributed by atoms with Crippen molar-refractivity contribution in [2.24, 2.45) is 11.8 Å². The smallest absolute Gasteiger partial charge is 0.407 e. The molecule has 16 heteroatoms. The number of anilines is 3. The number of hydrogen-bond donors (Lipinski definition) is 5. The number of carbonyl (C=O) groups is 7. The van der Waals surface area contributed by atoms with E-state index in [9.17, 15) is 33.6 Å². The first-order valence-electron chi connectivity index (χ1n) is 17.6. The summed E-state index contributed by atoms with van der Waals surface area (Å²) in [6.07, 6.45) is 1.17. The fourth-order valence-corrected chi connectivity index (χ4v) is 5.14. The second-order valence-electron chi connectivity index (χ2n) is 13.0. The third-order valence-corrected chi connectivity index (χ3v) is 8.03. The molecule has 0 unspecified atom stereocenters. The lowest BCUT2D eigenvalue weighted by atomic mass is 10.0. The molecule has 5 N–H and O–H groups in total. The second kappa shape index (κ2) is 22.2. The van der Waals surface area contributed by atoms with E-state index in [1.165, 1.54) is 36.2 Å². The van der Waals surface area contributed by atoms with Crippen molar-refractivity contribution in [2.75, 3.05) is 56.3 Å². The maximum absolute atomic E-state index is 13.3. The monoisotopic (exact) mass is 751 g/mol. The molecule has 0 saturated heterocycles. The zero-order valence-corrected chi connectivity index (χ0v) is 32.0. The molecule has 2 aromatic rings. The van der Waals surface area contributed by atoms with Gasteiger partial charge in [0.1, 0.15) is 12.1 Å². The Labute approximate surface area is 316 Å². The largest absolute Gasteiger partial charge is 0.453 e. The Morgan fingerprint density at radius 3 is 1.41 bits per heavy atom. The quantitative estimate of drug-likeness (QED) is 0.130. The van der Waals surface area contributed by atoms with E-state index in [2.05, 4.69) is 42.6 Å². The first-order chi connectivity index (χ1) is 25.6. The highest BCUT2D eigenvalue weighted by atomic mass is 16.5. The van der Waals surface area contributed by atoms with Crippen molar-refractivity contribution in [1.29, 1.82) is 0 Å². The van der Waals surface area contributed by atoms with Gasteiger partial charge < -0.3 is 45.9 Å². The van der Waals surface area contributed by atoms with Crippen molar-refractivity contribution in [3.63, 3.8) is 0 Å². The van der Waals surface area contributed by atoms with Gasteiger partial charge in [-0.25, -0.2) is 9.59 Å². The van der Waals surface area contributed by atoms with Crippen LogP contribution in [0.2, 0.25) is 0 Å². The number of rotatable bonds is 19. The molecular formula is C38H53N7O9. The summed E-state index contributed by atoms with van der Waals surface area (Å²) < 4.78 is 9.28. The Hall–Kier alpha value is -5.93. The summed E-state index contributed by atoms with van der Waals surface area (Å²) in [6.45, 7) is 12.7. The minimum absolute atomic E-state index is 0.217.